The van der Waals surface area contributed by atoms with Crippen LogP contribution in [0, 0.1) is 11.3 Å². The third kappa shape index (κ3) is 12.4. The van der Waals surface area contributed by atoms with Crippen molar-refractivity contribution in [1.82, 2.24) is 10.2 Å². The summed E-state index contributed by atoms with van der Waals surface area (Å²) in [5.74, 6) is 0.616. The van der Waals surface area contributed by atoms with E-state index in [0.717, 1.165) is 51.5 Å². The molecule has 1 amide bonds. The largest absolute Gasteiger partial charge is 0.434 e. The fourth-order valence-electron chi connectivity index (χ4n) is 5.94. The summed E-state index contributed by atoms with van der Waals surface area (Å²) in [7, 11) is 1.95. The summed E-state index contributed by atoms with van der Waals surface area (Å²) in [6.45, 7) is 29.1. The Kier molecular flexibility index (Phi) is 18.1. The number of piperidine rings is 1. The zero-order chi connectivity index (χ0) is 31.5. The molecule has 1 N–H and O–H groups in total. The van der Waals surface area contributed by atoms with Crippen LogP contribution in [0.5, 0.6) is 0 Å². The van der Waals surface area contributed by atoms with E-state index in [1.807, 2.05) is 27.4 Å². The predicted octanol–water partition coefficient (Wildman–Crippen LogP) is 9.08. The Balaban J connectivity index is 0.00000548. The van der Waals surface area contributed by atoms with Gasteiger partial charge in [-0.3, -0.25) is 9.69 Å². The highest BCUT2D eigenvalue weighted by Gasteiger charge is 2.44. The molecule has 1 aliphatic carbocycles. The number of amides is 1. The van der Waals surface area contributed by atoms with Gasteiger partial charge in [-0.15, -0.1) is 0 Å². The van der Waals surface area contributed by atoms with Gasteiger partial charge in [0.1, 0.15) is 0 Å². The van der Waals surface area contributed by atoms with Crippen LogP contribution in [0.1, 0.15) is 128 Å². The van der Waals surface area contributed by atoms with Crippen molar-refractivity contribution in [2.24, 2.45) is 11.3 Å². The van der Waals surface area contributed by atoms with Crippen LogP contribution in [0.3, 0.4) is 0 Å². The Bertz CT molecular complexity index is 880. The van der Waals surface area contributed by atoms with Crippen molar-refractivity contribution in [1.29, 1.82) is 0 Å². The SMILES string of the molecule is C=C/C=C\C1=C(C)C(N2CCC(C(C)(CCCC[B]OC(C)(C)C(C)(C)S)C(=O)NC(C)(C)C)CC2)CCC1.CC.S. The number of carbonyl (C=O) groups is 1. The van der Waals surface area contributed by atoms with Crippen LogP contribution >= 0.6 is 26.1 Å². The lowest BCUT2D eigenvalue weighted by Crippen LogP contribution is -2.53. The second-order valence-corrected chi connectivity index (χ2v) is 15.4. The fraction of sp³-hybridized carbons (Fsp3) is 0.800. The highest BCUT2D eigenvalue weighted by molar-refractivity contribution is 7.81. The molecule has 2 atom stereocenters. The van der Waals surface area contributed by atoms with Crippen LogP contribution in [0.2, 0.25) is 6.32 Å². The molecule has 0 aromatic carbocycles. The maximum absolute atomic E-state index is 13.7. The van der Waals surface area contributed by atoms with Crippen LogP contribution in [0.25, 0.3) is 0 Å². The molecular weight excluding hydrogens is 555 g/mol. The van der Waals surface area contributed by atoms with E-state index in [1.54, 1.807) is 0 Å². The summed E-state index contributed by atoms with van der Waals surface area (Å²) in [5, 5.41) is 3.34. The molecule has 1 heterocycles. The number of likely N-dealkylation sites (tertiary alicyclic amines) is 1. The zero-order valence-electron chi connectivity index (χ0n) is 29.2. The molecule has 0 bridgehead atoms. The third-order valence-electron chi connectivity index (χ3n) is 9.36. The minimum absolute atomic E-state index is 0. The van der Waals surface area contributed by atoms with Crippen LogP contribution in [-0.2, 0) is 9.45 Å². The molecule has 2 rings (SSSR count). The molecule has 2 unspecified atom stereocenters. The maximum Gasteiger partial charge on any atom is 0.293 e. The Hall–Kier alpha value is -0.625. The second-order valence-electron chi connectivity index (χ2n) is 14.2. The van der Waals surface area contributed by atoms with Gasteiger partial charge in [0, 0.05) is 21.7 Å². The Morgan fingerprint density at radius 2 is 1.67 bits per heavy atom. The summed E-state index contributed by atoms with van der Waals surface area (Å²) in [5.41, 5.74) is 2.08. The lowest BCUT2D eigenvalue weighted by Gasteiger charge is -2.46. The summed E-state index contributed by atoms with van der Waals surface area (Å²) in [6, 6.07) is 0.529. The summed E-state index contributed by atoms with van der Waals surface area (Å²) < 4.78 is 5.84. The zero-order valence-corrected chi connectivity index (χ0v) is 31.1. The topological polar surface area (TPSA) is 41.6 Å². The Morgan fingerprint density at radius 3 is 2.19 bits per heavy atom. The predicted molar refractivity (Wildman–Crippen MR) is 194 cm³/mol. The number of thiol groups is 1. The van der Waals surface area contributed by atoms with Crippen LogP contribution in [-0.4, -0.2) is 53.3 Å². The normalized spacial score (nSPS) is 20.7. The monoisotopic (exact) mass is 621 g/mol. The van der Waals surface area contributed by atoms with Crippen LogP contribution < -0.4 is 5.32 Å². The fourth-order valence-corrected chi connectivity index (χ4v) is 5.99. The third-order valence-corrected chi connectivity index (χ3v) is 9.90. The first-order valence-electron chi connectivity index (χ1n) is 16.3. The molecule has 42 heavy (non-hydrogen) atoms. The van der Waals surface area contributed by atoms with Crippen molar-refractivity contribution in [2.75, 3.05) is 13.1 Å². The molecule has 1 aliphatic heterocycles. The number of nitrogens with zero attached hydrogens (tertiary/aromatic N) is 1. The lowest BCUT2D eigenvalue weighted by atomic mass is 9.67. The van der Waals surface area contributed by atoms with E-state index >= 15 is 0 Å². The van der Waals surface area contributed by atoms with Crippen molar-refractivity contribution in [3.05, 3.63) is 36.0 Å². The van der Waals surface area contributed by atoms with Crippen molar-refractivity contribution in [3.63, 3.8) is 0 Å². The van der Waals surface area contributed by atoms with E-state index < -0.39 is 0 Å². The molecule has 4 nitrogen and oxygen atoms in total. The van der Waals surface area contributed by atoms with Gasteiger partial charge >= 0.3 is 0 Å². The van der Waals surface area contributed by atoms with Gasteiger partial charge in [0.05, 0.1) is 5.60 Å². The van der Waals surface area contributed by atoms with Crippen molar-refractivity contribution >= 4 is 39.5 Å². The molecule has 1 fully saturated rings. The van der Waals surface area contributed by atoms with Gasteiger partial charge in [0.2, 0.25) is 5.91 Å². The quantitative estimate of drug-likeness (QED) is 0.0933. The minimum Gasteiger partial charge on any atom is -0.434 e. The van der Waals surface area contributed by atoms with E-state index in [1.165, 1.54) is 30.4 Å². The highest BCUT2D eigenvalue weighted by Crippen LogP contribution is 2.42. The van der Waals surface area contributed by atoms with Crippen molar-refractivity contribution in [2.45, 2.75) is 156 Å². The molecule has 0 saturated carbocycles. The molecule has 7 heteroatoms. The number of unbranched alkanes of at least 4 members (excludes halogenated alkanes) is 1. The molecule has 0 spiro atoms. The van der Waals surface area contributed by atoms with E-state index in [4.69, 9.17) is 17.3 Å². The number of hydrogen-bond acceptors (Lipinski definition) is 4. The molecular formula is C35H66BN2O2S2. The number of carbonyl (C=O) groups excluding carboxylic acids is 1. The average molecular weight is 622 g/mol. The number of rotatable bonds is 13. The number of hydrogen-bond donors (Lipinski definition) is 2. The average Bonchev–Trinajstić information content (AvgIpc) is 2.89. The summed E-state index contributed by atoms with van der Waals surface area (Å²) in [6.07, 6.45) is 15.8. The molecule has 0 aromatic heterocycles. The Morgan fingerprint density at radius 1 is 1.07 bits per heavy atom. The summed E-state index contributed by atoms with van der Waals surface area (Å²) >= 11 is 4.69. The first-order valence-corrected chi connectivity index (χ1v) is 16.7. The molecule has 1 saturated heterocycles. The van der Waals surface area contributed by atoms with Gasteiger partial charge in [-0.25, -0.2) is 0 Å². The van der Waals surface area contributed by atoms with E-state index in [2.05, 4.69) is 91.3 Å². The molecule has 2 aliphatic rings. The second kappa shape index (κ2) is 18.4. The first-order chi connectivity index (χ1) is 19.0. The number of nitrogens with one attached hydrogen (secondary N) is 1. The van der Waals surface area contributed by atoms with Gasteiger partial charge < -0.3 is 9.97 Å². The lowest BCUT2D eigenvalue weighted by molar-refractivity contribution is -0.136. The van der Waals surface area contributed by atoms with E-state index in [-0.39, 0.29) is 40.7 Å². The smallest absolute Gasteiger partial charge is 0.293 e. The molecule has 0 aromatic rings. The number of allylic oxidation sites excluding steroid dienone is 4. The van der Waals surface area contributed by atoms with Gasteiger partial charge in [-0.2, -0.15) is 26.1 Å². The van der Waals surface area contributed by atoms with E-state index in [9.17, 15) is 4.79 Å². The van der Waals surface area contributed by atoms with Gasteiger partial charge in [0.25, 0.3) is 7.48 Å². The van der Waals surface area contributed by atoms with Gasteiger partial charge in [0.15, 0.2) is 0 Å². The maximum atomic E-state index is 13.7. The molecule has 1 radical (unpaired) electrons. The van der Waals surface area contributed by atoms with Crippen LogP contribution in [0.4, 0.5) is 0 Å². The van der Waals surface area contributed by atoms with E-state index in [0.29, 0.717) is 12.0 Å². The van der Waals surface area contributed by atoms with Crippen molar-refractivity contribution < 1.29 is 9.45 Å². The van der Waals surface area contributed by atoms with Gasteiger partial charge in [-0.1, -0.05) is 70.3 Å². The standard InChI is InChI=1S/C33H58BN2O2S.C2H6.H2S/c1-11-12-16-26-17-15-18-28(25(26)2)36-23-19-27(20-24-36)33(10,29(37)35-30(3,4)5)21-13-14-22-34-38-31(6,7)32(8,9)39;1-2;/h11-12,16,27-28,39H,1,13-15,17-24H2,2-10H3,(H,35,37);1-2H3;1H2/b16-12-;;. The van der Waals surface area contributed by atoms with Gasteiger partial charge in [-0.05, 0) is 118 Å². The van der Waals surface area contributed by atoms with Crippen molar-refractivity contribution in [3.8, 4) is 0 Å². The highest BCUT2D eigenvalue weighted by atomic mass is 32.1. The molecule has 243 valence electrons. The van der Waals surface area contributed by atoms with Crippen LogP contribution in [0.15, 0.2) is 36.0 Å². The first kappa shape index (κ1) is 41.4. The Labute approximate surface area is 274 Å². The minimum atomic E-state index is -0.359. The summed E-state index contributed by atoms with van der Waals surface area (Å²) in [4.78, 5) is 16.4.